The highest BCUT2D eigenvalue weighted by Gasteiger charge is 2.44. The molecule has 0 spiro atoms. The minimum atomic E-state index is -4.18. The van der Waals surface area contributed by atoms with Gasteiger partial charge in [0.2, 0.25) is 15.9 Å². The van der Waals surface area contributed by atoms with Gasteiger partial charge in [-0.25, -0.2) is 8.42 Å². The molecule has 4 rings (SSSR count). The lowest BCUT2D eigenvalue weighted by Crippen LogP contribution is -2.56. The average Bonchev–Trinajstić information content (AvgIpc) is 3.00. The number of likely N-dealkylation sites (tertiary alicyclic amines) is 1. The maximum Gasteiger partial charge on any atom is 0.325 e. The zero-order valence-corrected chi connectivity index (χ0v) is 25.1. The first-order chi connectivity index (χ1) is 20.0. The molecule has 10 heteroatoms. The molecule has 1 atom stereocenters. The molecule has 1 saturated heterocycles. The molecule has 3 aromatic rings. The molecule has 0 radical (unpaired) electrons. The highest BCUT2D eigenvalue weighted by molar-refractivity contribution is 7.89. The Kier molecular flexibility index (Phi) is 10.0. The number of nitrogens with zero attached hydrogens (tertiary/aromatic N) is 2. The van der Waals surface area contributed by atoms with Crippen molar-refractivity contribution in [2.45, 2.75) is 56.3 Å². The van der Waals surface area contributed by atoms with Gasteiger partial charge in [0.25, 0.3) is 0 Å². The van der Waals surface area contributed by atoms with E-state index in [-0.39, 0.29) is 24.0 Å². The molecule has 9 nitrogen and oxygen atoms in total. The Balaban J connectivity index is 1.71. The number of sulfonamides is 1. The summed E-state index contributed by atoms with van der Waals surface area (Å²) in [5, 5.41) is 0. The van der Waals surface area contributed by atoms with Crippen LogP contribution < -0.4 is 10.5 Å². The van der Waals surface area contributed by atoms with Crippen molar-refractivity contribution in [2.75, 3.05) is 20.2 Å². The summed E-state index contributed by atoms with van der Waals surface area (Å²) in [4.78, 5) is 28.5. The van der Waals surface area contributed by atoms with E-state index in [2.05, 4.69) is 0 Å². The fourth-order valence-electron chi connectivity index (χ4n) is 5.16. The molecule has 0 aromatic heterocycles. The van der Waals surface area contributed by atoms with Crippen molar-refractivity contribution in [3.05, 3.63) is 96.1 Å². The van der Waals surface area contributed by atoms with Crippen LogP contribution in [0.15, 0.2) is 89.8 Å². The Labute approximate surface area is 248 Å². The van der Waals surface area contributed by atoms with Crippen molar-refractivity contribution in [1.29, 1.82) is 0 Å². The molecule has 1 amide bonds. The van der Waals surface area contributed by atoms with Crippen molar-refractivity contribution in [3.63, 3.8) is 0 Å². The van der Waals surface area contributed by atoms with Gasteiger partial charge in [0.1, 0.15) is 18.4 Å². The molecule has 1 fully saturated rings. The van der Waals surface area contributed by atoms with Gasteiger partial charge in [-0.1, -0.05) is 60.7 Å². The third-order valence-corrected chi connectivity index (χ3v) is 9.29. The summed E-state index contributed by atoms with van der Waals surface area (Å²) in [5.74, 6) is -0.691. The van der Waals surface area contributed by atoms with Crippen LogP contribution in [0.2, 0.25) is 0 Å². The van der Waals surface area contributed by atoms with E-state index < -0.39 is 33.5 Å². The average molecular weight is 594 g/mol. The Morgan fingerprint density at radius 2 is 1.48 bits per heavy atom. The van der Waals surface area contributed by atoms with Gasteiger partial charge in [-0.15, -0.1) is 0 Å². The van der Waals surface area contributed by atoms with E-state index in [9.17, 15) is 18.0 Å². The number of carbonyl (C=O) groups excluding carboxylic acids is 2. The molecule has 0 saturated carbocycles. The van der Waals surface area contributed by atoms with Gasteiger partial charge in [-0.2, -0.15) is 4.31 Å². The van der Waals surface area contributed by atoms with Crippen LogP contribution in [0.4, 0.5) is 0 Å². The third kappa shape index (κ3) is 7.56. The minimum absolute atomic E-state index is 0.0105. The number of piperidine rings is 1. The molecule has 2 N–H and O–H groups in total. The van der Waals surface area contributed by atoms with Crippen LogP contribution in [-0.4, -0.2) is 61.3 Å². The fourth-order valence-corrected chi connectivity index (χ4v) is 6.79. The van der Waals surface area contributed by atoms with Gasteiger partial charge in [-0.05, 0) is 68.0 Å². The SMILES string of the molecule is COc1ccc(S(=O)(=O)N(Cc2ccccc2)C(C(=O)OCc2ccccc2)C2CCN(C(=O)C(C)(C)N)CC2)cc1. The normalized spacial score (nSPS) is 15.3. The molecule has 1 aliphatic rings. The first-order valence-corrected chi connectivity index (χ1v) is 15.4. The van der Waals surface area contributed by atoms with E-state index in [1.165, 1.54) is 23.5 Å². The van der Waals surface area contributed by atoms with E-state index in [1.807, 2.05) is 60.7 Å². The van der Waals surface area contributed by atoms with Gasteiger partial charge >= 0.3 is 5.97 Å². The number of methoxy groups -OCH3 is 1. The van der Waals surface area contributed by atoms with Crippen LogP contribution in [0, 0.1) is 5.92 Å². The van der Waals surface area contributed by atoms with E-state index in [1.54, 1.807) is 30.9 Å². The van der Waals surface area contributed by atoms with Crippen LogP contribution in [0.1, 0.15) is 37.8 Å². The summed E-state index contributed by atoms with van der Waals surface area (Å²) in [6.07, 6.45) is 0.826. The number of nitrogens with two attached hydrogens (primary N) is 1. The summed E-state index contributed by atoms with van der Waals surface area (Å²) in [6.45, 7) is 4.01. The second-order valence-corrected chi connectivity index (χ2v) is 13.0. The number of ether oxygens (including phenoxy) is 2. The van der Waals surface area contributed by atoms with Crippen LogP contribution in [0.5, 0.6) is 5.75 Å². The zero-order chi connectivity index (χ0) is 30.3. The number of carbonyl (C=O) groups is 2. The minimum Gasteiger partial charge on any atom is -0.497 e. The molecule has 1 aliphatic heterocycles. The Morgan fingerprint density at radius 1 is 0.929 bits per heavy atom. The number of benzene rings is 3. The van der Waals surface area contributed by atoms with Crippen molar-refractivity contribution in [3.8, 4) is 5.75 Å². The molecule has 224 valence electrons. The number of esters is 1. The predicted molar refractivity (Wildman–Crippen MR) is 160 cm³/mol. The maximum atomic E-state index is 14.3. The highest BCUT2D eigenvalue weighted by Crippen LogP contribution is 2.32. The van der Waals surface area contributed by atoms with Gasteiger partial charge in [0, 0.05) is 19.6 Å². The van der Waals surface area contributed by atoms with Crippen LogP contribution in [0.3, 0.4) is 0 Å². The zero-order valence-electron chi connectivity index (χ0n) is 24.3. The number of hydrogen-bond donors (Lipinski definition) is 1. The second-order valence-electron chi connectivity index (χ2n) is 11.1. The molecule has 1 heterocycles. The van der Waals surface area contributed by atoms with Crippen LogP contribution >= 0.6 is 0 Å². The Hall–Kier alpha value is -3.73. The Morgan fingerprint density at radius 3 is 2.00 bits per heavy atom. The van der Waals surface area contributed by atoms with E-state index in [0.29, 0.717) is 31.7 Å². The molecule has 3 aromatic carbocycles. The van der Waals surface area contributed by atoms with Gasteiger partial charge in [0.05, 0.1) is 17.5 Å². The first-order valence-electron chi connectivity index (χ1n) is 14.0. The van der Waals surface area contributed by atoms with Gasteiger partial charge in [0.15, 0.2) is 0 Å². The van der Waals surface area contributed by atoms with E-state index in [0.717, 1.165) is 11.1 Å². The summed E-state index contributed by atoms with van der Waals surface area (Å²) in [7, 11) is -2.67. The van der Waals surface area contributed by atoms with Crippen molar-refractivity contribution in [2.24, 2.45) is 11.7 Å². The predicted octanol–water partition coefficient (Wildman–Crippen LogP) is 3.97. The fraction of sp³-hybridized carbons (Fsp3) is 0.375. The first kappa shape index (κ1) is 31.2. The van der Waals surface area contributed by atoms with Gasteiger partial charge in [-0.3, -0.25) is 9.59 Å². The highest BCUT2D eigenvalue weighted by atomic mass is 32.2. The van der Waals surface area contributed by atoms with Crippen molar-refractivity contribution in [1.82, 2.24) is 9.21 Å². The molecule has 1 unspecified atom stereocenters. The number of rotatable bonds is 11. The van der Waals surface area contributed by atoms with Gasteiger partial charge < -0.3 is 20.1 Å². The number of amides is 1. The van der Waals surface area contributed by atoms with Crippen molar-refractivity contribution >= 4 is 21.9 Å². The molecular formula is C32H39N3O6S. The van der Waals surface area contributed by atoms with Crippen LogP contribution in [0.25, 0.3) is 0 Å². The smallest absolute Gasteiger partial charge is 0.325 e. The number of hydrogen-bond acceptors (Lipinski definition) is 7. The largest absolute Gasteiger partial charge is 0.497 e. The molecule has 0 aliphatic carbocycles. The standard InChI is InChI=1S/C32H39N3O6S/c1-32(2,33)31(37)34-20-18-26(19-21-34)29(30(36)41-23-25-12-8-5-9-13-25)35(22-24-10-6-4-7-11-24)42(38,39)28-16-14-27(40-3)15-17-28/h4-17,26,29H,18-23,33H2,1-3H3. The third-order valence-electron chi connectivity index (χ3n) is 7.45. The Bertz CT molecular complexity index is 1430. The monoisotopic (exact) mass is 593 g/mol. The summed E-state index contributed by atoms with van der Waals surface area (Å²) < 4.78 is 40.9. The second kappa shape index (κ2) is 13.5. The van der Waals surface area contributed by atoms with Crippen molar-refractivity contribution < 1.29 is 27.5 Å². The van der Waals surface area contributed by atoms with E-state index in [4.69, 9.17) is 15.2 Å². The molecular weight excluding hydrogens is 554 g/mol. The quantitative estimate of drug-likeness (QED) is 0.334. The summed E-state index contributed by atoms with van der Waals surface area (Å²) in [6, 6.07) is 23.4. The molecule has 42 heavy (non-hydrogen) atoms. The van der Waals surface area contributed by atoms with E-state index >= 15 is 0 Å². The lowest BCUT2D eigenvalue weighted by molar-refractivity contribution is -0.152. The molecule has 0 bridgehead atoms. The maximum absolute atomic E-state index is 14.3. The summed E-state index contributed by atoms with van der Waals surface area (Å²) in [5.41, 5.74) is 6.56. The lowest BCUT2D eigenvalue weighted by atomic mass is 9.88. The topological polar surface area (TPSA) is 119 Å². The summed E-state index contributed by atoms with van der Waals surface area (Å²) >= 11 is 0. The van der Waals surface area contributed by atoms with Crippen LogP contribution in [-0.2, 0) is 37.5 Å². The lowest BCUT2D eigenvalue weighted by Gasteiger charge is -2.40.